The lowest BCUT2D eigenvalue weighted by molar-refractivity contribution is 0.0948. The molecule has 3 N–H and O–H groups in total. The van der Waals surface area contributed by atoms with Crippen LogP contribution in [0.5, 0.6) is 0 Å². The predicted octanol–water partition coefficient (Wildman–Crippen LogP) is 2.53. The third kappa shape index (κ3) is 3.60. The van der Waals surface area contributed by atoms with Gasteiger partial charge in [-0.05, 0) is 30.2 Å². The minimum atomic E-state index is -0.224. The van der Waals surface area contributed by atoms with Crippen LogP contribution in [0.4, 0.5) is 5.82 Å². The zero-order chi connectivity index (χ0) is 16.8. The second-order valence-corrected chi connectivity index (χ2v) is 5.34. The van der Waals surface area contributed by atoms with Crippen LogP contribution in [-0.4, -0.2) is 34.2 Å². The van der Waals surface area contributed by atoms with Gasteiger partial charge in [0.1, 0.15) is 5.82 Å². The fraction of sp³-hybridized carbons (Fsp3) is 0.167. The van der Waals surface area contributed by atoms with Crippen LogP contribution in [0.25, 0.3) is 10.9 Å². The third-order valence-electron chi connectivity index (χ3n) is 3.68. The Bertz CT molecular complexity index is 838. The summed E-state index contributed by atoms with van der Waals surface area (Å²) in [6.45, 7) is 4.76. The summed E-state index contributed by atoms with van der Waals surface area (Å²) in [5, 5.41) is 15.0. The van der Waals surface area contributed by atoms with E-state index >= 15 is 0 Å². The number of aromatic nitrogens is 3. The van der Waals surface area contributed by atoms with Crippen molar-refractivity contribution in [3.05, 3.63) is 66.5 Å². The number of hydrogen-bond acceptors (Lipinski definition) is 4. The number of carbonyl (C=O) groups is 1. The van der Waals surface area contributed by atoms with Gasteiger partial charge in [-0.25, -0.2) is 0 Å². The maximum atomic E-state index is 12.1. The normalized spacial score (nSPS) is 10.5. The van der Waals surface area contributed by atoms with Gasteiger partial charge in [0, 0.05) is 30.2 Å². The molecule has 0 aliphatic carbocycles. The SMILES string of the molecule is C=CCNc1ccc(C(=O)NCCc2c[nH]c3ccccc23)nn1. The van der Waals surface area contributed by atoms with E-state index in [1.807, 2.05) is 24.4 Å². The Hall–Kier alpha value is -3.15. The summed E-state index contributed by atoms with van der Waals surface area (Å²) < 4.78 is 0. The highest BCUT2D eigenvalue weighted by Crippen LogP contribution is 2.17. The third-order valence-corrected chi connectivity index (χ3v) is 3.68. The van der Waals surface area contributed by atoms with Crippen LogP contribution in [0.15, 0.2) is 55.3 Å². The van der Waals surface area contributed by atoms with E-state index in [9.17, 15) is 4.79 Å². The molecule has 0 bridgehead atoms. The highest BCUT2D eigenvalue weighted by molar-refractivity contribution is 5.92. The van der Waals surface area contributed by atoms with Crippen molar-refractivity contribution in [2.75, 3.05) is 18.4 Å². The predicted molar refractivity (Wildman–Crippen MR) is 95.1 cm³/mol. The Morgan fingerprint density at radius 2 is 2.08 bits per heavy atom. The maximum Gasteiger partial charge on any atom is 0.271 e. The fourth-order valence-corrected chi connectivity index (χ4v) is 2.46. The Morgan fingerprint density at radius 1 is 1.21 bits per heavy atom. The van der Waals surface area contributed by atoms with E-state index in [0.717, 1.165) is 11.9 Å². The van der Waals surface area contributed by atoms with Crippen molar-refractivity contribution in [2.24, 2.45) is 0 Å². The number of anilines is 1. The minimum absolute atomic E-state index is 0.224. The number of nitrogens with zero attached hydrogens (tertiary/aromatic N) is 2. The first-order valence-electron chi connectivity index (χ1n) is 7.79. The number of benzene rings is 1. The summed E-state index contributed by atoms with van der Waals surface area (Å²) >= 11 is 0. The molecule has 0 saturated heterocycles. The number of hydrogen-bond donors (Lipinski definition) is 3. The number of rotatable bonds is 7. The molecule has 0 saturated carbocycles. The van der Waals surface area contributed by atoms with Gasteiger partial charge < -0.3 is 15.6 Å². The highest BCUT2D eigenvalue weighted by atomic mass is 16.1. The van der Waals surface area contributed by atoms with E-state index in [0.29, 0.717) is 24.6 Å². The van der Waals surface area contributed by atoms with E-state index in [1.54, 1.807) is 18.2 Å². The number of amides is 1. The van der Waals surface area contributed by atoms with Gasteiger partial charge in [-0.15, -0.1) is 16.8 Å². The van der Waals surface area contributed by atoms with Crippen molar-refractivity contribution in [1.82, 2.24) is 20.5 Å². The first-order chi connectivity index (χ1) is 11.8. The second-order valence-electron chi connectivity index (χ2n) is 5.34. The van der Waals surface area contributed by atoms with Crippen LogP contribution < -0.4 is 10.6 Å². The van der Waals surface area contributed by atoms with Crippen LogP contribution in [0.3, 0.4) is 0 Å². The summed E-state index contributed by atoms with van der Waals surface area (Å²) in [6.07, 6.45) is 4.46. The quantitative estimate of drug-likeness (QED) is 0.584. The number of H-pyrrole nitrogens is 1. The standard InChI is InChI=1S/C18H19N5O/c1-2-10-19-17-8-7-16(22-23-17)18(24)20-11-9-13-12-21-15-6-4-3-5-14(13)15/h2-8,12,21H,1,9-11H2,(H,19,23)(H,20,24). The van der Waals surface area contributed by atoms with E-state index in [1.165, 1.54) is 10.9 Å². The molecule has 0 aliphatic heterocycles. The van der Waals surface area contributed by atoms with Gasteiger partial charge in [-0.1, -0.05) is 24.3 Å². The smallest absolute Gasteiger partial charge is 0.271 e. The lowest BCUT2D eigenvalue weighted by Crippen LogP contribution is -2.26. The van der Waals surface area contributed by atoms with E-state index < -0.39 is 0 Å². The van der Waals surface area contributed by atoms with Crippen LogP contribution >= 0.6 is 0 Å². The van der Waals surface area contributed by atoms with Crippen molar-refractivity contribution in [3.8, 4) is 0 Å². The molecule has 1 amide bonds. The molecule has 122 valence electrons. The highest BCUT2D eigenvalue weighted by Gasteiger charge is 2.08. The molecule has 24 heavy (non-hydrogen) atoms. The molecule has 0 fully saturated rings. The molecule has 0 spiro atoms. The maximum absolute atomic E-state index is 12.1. The van der Waals surface area contributed by atoms with E-state index in [4.69, 9.17) is 0 Å². The van der Waals surface area contributed by atoms with Gasteiger partial charge in [0.15, 0.2) is 5.69 Å². The van der Waals surface area contributed by atoms with Gasteiger partial charge in [-0.2, -0.15) is 0 Å². The van der Waals surface area contributed by atoms with Gasteiger partial charge in [-0.3, -0.25) is 4.79 Å². The largest absolute Gasteiger partial charge is 0.365 e. The molecule has 2 heterocycles. The molecule has 0 atom stereocenters. The first-order valence-corrected chi connectivity index (χ1v) is 7.79. The average molecular weight is 321 g/mol. The Kier molecular flexibility index (Phi) is 4.86. The number of para-hydroxylation sites is 1. The lowest BCUT2D eigenvalue weighted by atomic mass is 10.1. The van der Waals surface area contributed by atoms with Crippen LogP contribution in [-0.2, 0) is 6.42 Å². The van der Waals surface area contributed by atoms with Crippen LogP contribution in [0.2, 0.25) is 0 Å². The molecule has 3 aromatic rings. The fourth-order valence-electron chi connectivity index (χ4n) is 2.46. The molecule has 6 nitrogen and oxygen atoms in total. The van der Waals surface area contributed by atoms with Crippen molar-refractivity contribution < 1.29 is 4.79 Å². The van der Waals surface area contributed by atoms with E-state index in [-0.39, 0.29) is 5.91 Å². The first kappa shape index (κ1) is 15.7. The van der Waals surface area contributed by atoms with Crippen molar-refractivity contribution >= 4 is 22.6 Å². The molecule has 0 radical (unpaired) electrons. The van der Waals surface area contributed by atoms with Gasteiger partial charge in [0.2, 0.25) is 0 Å². The Morgan fingerprint density at radius 3 is 2.88 bits per heavy atom. The van der Waals surface area contributed by atoms with E-state index in [2.05, 4.69) is 38.5 Å². The van der Waals surface area contributed by atoms with Gasteiger partial charge in [0.25, 0.3) is 5.91 Å². The lowest BCUT2D eigenvalue weighted by Gasteiger charge is -2.05. The van der Waals surface area contributed by atoms with Crippen molar-refractivity contribution in [3.63, 3.8) is 0 Å². The zero-order valence-corrected chi connectivity index (χ0v) is 13.2. The summed E-state index contributed by atoms with van der Waals surface area (Å²) in [6, 6.07) is 11.5. The molecule has 3 rings (SSSR count). The number of carbonyl (C=O) groups excluding carboxylic acids is 1. The number of nitrogens with one attached hydrogen (secondary N) is 3. The summed E-state index contributed by atoms with van der Waals surface area (Å²) in [5.74, 6) is 0.392. The van der Waals surface area contributed by atoms with Crippen molar-refractivity contribution in [2.45, 2.75) is 6.42 Å². The van der Waals surface area contributed by atoms with Crippen LogP contribution in [0.1, 0.15) is 16.1 Å². The van der Waals surface area contributed by atoms with Gasteiger partial charge >= 0.3 is 0 Å². The Balaban J connectivity index is 1.54. The summed E-state index contributed by atoms with van der Waals surface area (Å²) in [4.78, 5) is 15.3. The number of aromatic amines is 1. The average Bonchev–Trinajstić information content (AvgIpc) is 3.03. The molecular formula is C18H19N5O. The summed E-state index contributed by atoms with van der Waals surface area (Å²) in [7, 11) is 0. The molecule has 0 aliphatic rings. The Labute approximate surface area is 140 Å². The molecular weight excluding hydrogens is 302 g/mol. The molecule has 6 heteroatoms. The second kappa shape index (κ2) is 7.41. The molecule has 1 aromatic carbocycles. The molecule has 2 aromatic heterocycles. The minimum Gasteiger partial charge on any atom is -0.365 e. The zero-order valence-electron chi connectivity index (χ0n) is 13.2. The monoisotopic (exact) mass is 321 g/mol. The summed E-state index contributed by atoms with van der Waals surface area (Å²) in [5.41, 5.74) is 2.59. The molecule has 0 unspecified atom stereocenters. The number of fused-ring (bicyclic) bond motifs is 1. The van der Waals surface area contributed by atoms with Crippen LogP contribution in [0, 0.1) is 0 Å². The van der Waals surface area contributed by atoms with Gasteiger partial charge in [0.05, 0.1) is 0 Å². The topological polar surface area (TPSA) is 82.7 Å². The van der Waals surface area contributed by atoms with Crippen molar-refractivity contribution in [1.29, 1.82) is 0 Å².